The van der Waals surface area contributed by atoms with Gasteiger partial charge in [0.1, 0.15) is 0 Å². The molecular weight excluding hydrogens is 206 g/mol. The summed E-state index contributed by atoms with van der Waals surface area (Å²) in [7, 11) is 0. The summed E-state index contributed by atoms with van der Waals surface area (Å²) in [6, 6.07) is 0. The molecule has 1 N–H and O–H groups in total. The lowest BCUT2D eigenvalue weighted by Gasteiger charge is -2.49. The molecule has 0 radical (unpaired) electrons. The van der Waals surface area contributed by atoms with E-state index in [1.165, 1.54) is 0 Å². The van der Waals surface area contributed by atoms with Crippen molar-refractivity contribution < 1.29 is 14.6 Å². The second-order valence-corrected chi connectivity index (χ2v) is 4.77. The highest BCUT2D eigenvalue weighted by atomic mass is 16.7. The smallest absolute Gasteiger partial charge is 0.170 e. The Labute approximate surface area is 98.5 Å². The van der Waals surface area contributed by atoms with E-state index in [1.54, 1.807) is 0 Å². The van der Waals surface area contributed by atoms with Gasteiger partial charge in [-0.15, -0.1) is 0 Å². The summed E-state index contributed by atoms with van der Waals surface area (Å²) >= 11 is 0. The van der Waals surface area contributed by atoms with Crippen LogP contribution in [0.3, 0.4) is 0 Å². The van der Waals surface area contributed by atoms with E-state index in [0.29, 0.717) is 19.1 Å². The molecule has 1 rings (SSSR count). The van der Waals surface area contributed by atoms with Crippen molar-refractivity contribution in [1.29, 1.82) is 0 Å². The van der Waals surface area contributed by atoms with Gasteiger partial charge < -0.3 is 14.6 Å². The Morgan fingerprint density at radius 3 is 2.06 bits per heavy atom. The Hall–Kier alpha value is -0.160. The molecule has 0 unspecified atom stereocenters. The second kappa shape index (κ2) is 5.96. The van der Waals surface area contributed by atoms with Gasteiger partial charge in [0.15, 0.2) is 6.29 Å². The molecule has 1 aliphatic heterocycles. The Morgan fingerprint density at radius 2 is 1.69 bits per heavy atom. The Bertz CT molecular complexity index is 196. The van der Waals surface area contributed by atoms with E-state index >= 15 is 0 Å². The first-order chi connectivity index (χ1) is 7.51. The average molecular weight is 231 g/mol. The molecule has 1 fully saturated rings. The normalized spacial score (nSPS) is 20.4. The van der Waals surface area contributed by atoms with Gasteiger partial charge in [-0.1, -0.05) is 13.8 Å². The first-order valence-corrected chi connectivity index (χ1v) is 6.19. The van der Waals surface area contributed by atoms with Crippen LogP contribution in [0.4, 0.5) is 0 Å². The third-order valence-electron chi connectivity index (χ3n) is 3.18. The maximum atomic E-state index is 10.1. The van der Waals surface area contributed by atoms with Gasteiger partial charge in [0.05, 0.1) is 5.60 Å². The Morgan fingerprint density at radius 1 is 1.19 bits per heavy atom. The summed E-state index contributed by atoms with van der Waals surface area (Å²) < 4.78 is 10.9. The fourth-order valence-electron chi connectivity index (χ4n) is 1.96. The van der Waals surface area contributed by atoms with E-state index < -0.39 is 5.60 Å². The number of β-amino-alcohol motifs (C(OH)–C–C–N with tert-alkyl or cyclic N) is 1. The lowest BCUT2D eigenvalue weighted by atomic mass is 9.83. The minimum absolute atomic E-state index is 0.160. The van der Waals surface area contributed by atoms with E-state index in [4.69, 9.17) is 9.47 Å². The van der Waals surface area contributed by atoms with E-state index in [2.05, 4.69) is 18.7 Å². The molecule has 4 nitrogen and oxygen atoms in total. The fraction of sp³-hybridized carbons (Fsp3) is 1.00. The highest BCUT2D eigenvalue weighted by Crippen LogP contribution is 2.28. The number of rotatable bonds is 7. The van der Waals surface area contributed by atoms with Crippen LogP contribution in [0.5, 0.6) is 0 Å². The van der Waals surface area contributed by atoms with Crippen molar-refractivity contribution in [3.05, 3.63) is 0 Å². The molecule has 16 heavy (non-hydrogen) atoms. The highest BCUT2D eigenvalue weighted by Gasteiger charge is 2.44. The monoisotopic (exact) mass is 231 g/mol. The number of ether oxygens (including phenoxy) is 2. The van der Waals surface area contributed by atoms with E-state index in [-0.39, 0.29) is 6.29 Å². The van der Waals surface area contributed by atoms with Gasteiger partial charge in [-0.3, -0.25) is 4.90 Å². The van der Waals surface area contributed by atoms with Crippen molar-refractivity contribution in [1.82, 2.24) is 4.90 Å². The standard InChI is InChI=1S/C12H25NO3/c1-5-15-11(16-6-2)7-13-8-12(14,9-13)10(3)4/h10-11,14H,5-9H2,1-4H3. The zero-order chi connectivity index (χ0) is 12.2. The predicted molar refractivity (Wildman–Crippen MR) is 63.3 cm³/mol. The molecule has 0 atom stereocenters. The molecule has 96 valence electrons. The first-order valence-electron chi connectivity index (χ1n) is 6.19. The minimum Gasteiger partial charge on any atom is -0.387 e. The molecule has 0 spiro atoms. The quantitative estimate of drug-likeness (QED) is 0.666. The molecule has 1 heterocycles. The summed E-state index contributed by atoms with van der Waals surface area (Å²) in [5.41, 5.74) is -0.511. The van der Waals surface area contributed by atoms with Crippen LogP contribution in [0.25, 0.3) is 0 Å². The van der Waals surface area contributed by atoms with Gasteiger partial charge in [0.25, 0.3) is 0 Å². The molecule has 0 aliphatic carbocycles. The number of hydrogen-bond acceptors (Lipinski definition) is 4. The van der Waals surface area contributed by atoms with Crippen LogP contribution in [0.1, 0.15) is 27.7 Å². The average Bonchev–Trinajstić information content (AvgIpc) is 2.15. The first kappa shape index (κ1) is 13.9. The zero-order valence-electron chi connectivity index (χ0n) is 10.9. The SMILES string of the molecule is CCOC(CN1CC(O)(C(C)C)C1)OCC. The highest BCUT2D eigenvalue weighted by molar-refractivity contribution is 4.97. The molecule has 0 amide bonds. The minimum atomic E-state index is -0.511. The number of hydrogen-bond donors (Lipinski definition) is 1. The van der Waals surface area contributed by atoms with E-state index in [1.807, 2.05) is 13.8 Å². The molecule has 0 aromatic rings. The van der Waals surface area contributed by atoms with Crippen molar-refractivity contribution in [2.24, 2.45) is 5.92 Å². The molecular formula is C12H25NO3. The van der Waals surface area contributed by atoms with Gasteiger partial charge >= 0.3 is 0 Å². The molecule has 1 saturated heterocycles. The summed E-state index contributed by atoms with van der Waals surface area (Å²) in [4.78, 5) is 2.18. The van der Waals surface area contributed by atoms with Crippen LogP contribution >= 0.6 is 0 Å². The van der Waals surface area contributed by atoms with Crippen LogP contribution in [0, 0.1) is 5.92 Å². The van der Waals surface area contributed by atoms with Crippen molar-refractivity contribution in [3.8, 4) is 0 Å². The van der Waals surface area contributed by atoms with Crippen molar-refractivity contribution in [2.75, 3.05) is 32.8 Å². The van der Waals surface area contributed by atoms with Gasteiger partial charge in [-0.25, -0.2) is 0 Å². The second-order valence-electron chi connectivity index (χ2n) is 4.77. The Balaban J connectivity index is 2.28. The number of nitrogens with zero attached hydrogens (tertiary/aromatic N) is 1. The molecule has 4 heteroatoms. The third-order valence-corrected chi connectivity index (χ3v) is 3.18. The van der Waals surface area contributed by atoms with E-state index in [9.17, 15) is 5.11 Å². The molecule has 0 saturated carbocycles. The van der Waals surface area contributed by atoms with Crippen LogP contribution in [0.15, 0.2) is 0 Å². The number of aliphatic hydroxyl groups is 1. The van der Waals surface area contributed by atoms with Gasteiger partial charge in [0, 0.05) is 32.8 Å². The summed E-state index contributed by atoms with van der Waals surface area (Å²) in [6.45, 7) is 11.6. The van der Waals surface area contributed by atoms with Crippen LogP contribution in [0.2, 0.25) is 0 Å². The predicted octanol–water partition coefficient (Wildman–Crippen LogP) is 1.09. The Kier molecular flexibility index (Phi) is 5.18. The lowest BCUT2D eigenvalue weighted by molar-refractivity contribution is -0.187. The van der Waals surface area contributed by atoms with Crippen molar-refractivity contribution in [2.45, 2.75) is 39.6 Å². The zero-order valence-corrected chi connectivity index (χ0v) is 10.9. The van der Waals surface area contributed by atoms with Crippen LogP contribution in [-0.2, 0) is 9.47 Å². The maximum absolute atomic E-state index is 10.1. The van der Waals surface area contributed by atoms with Gasteiger partial charge in [-0.05, 0) is 19.8 Å². The van der Waals surface area contributed by atoms with Crippen molar-refractivity contribution >= 4 is 0 Å². The molecule has 0 aromatic carbocycles. The number of likely N-dealkylation sites (tertiary alicyclic amines) is 1. The summed E-state index contributed by atoms with van der Waals surface area (Å²) in [5, 5.41) is 10.1. The third kappa shape index (κ3) is 3.42. The largest absolute Gasteiger partial charge is 0.387 e. The lowest BCUT2D eigenvalue weighted by Crippen LogP contribution is -2.65. The molecule has 1 aliphatic rings. The molecule has 0 aromatic heterocycles. The maximum Gasteiger partial charge on any atom is 0.170 e. The van der Waals surface area contributed by atoms with Gasteiger partial charge in [0.2, 0.25) is 0 Å². The van der Waals surface area contributed by atoms with Crippen LogP contribution in [-0.4, -0.2) is 54.7 Å². The molecule has 0 bridgehead atoms. The fourth-order valence-corrected chi connectivity index (χ4v) is 1.96. The summed E-state index contributed by atoms with van der Waals surface area (Å²) in [5.74, 6) is 0.307. The van der Waals surface area contributed by atoms with E-state index in [0.717, 1.165) is 19.6 Å². The van der Waals surface area contributed by atoms with Crippen molar-refractivity contribution in [3.63, 3.8) is 0 Å². The summed E-state index contributed by atoms with van der Waals surface area (Å²) in [6.07, 6.45) is -0.160. The van der Waals surface area contributed by atoms with Gasteiger partial charge in [-0.2, -0.15) is 0 Å². The topological polar surface area (TPSA) is 41.9 Å². The van der Waals surface area contributed by atoms with Crippen LogP contribution < -0.4 is 0 Å².